The van der Waals surface area contributed by atoms with Gasteiger partial charge in [0.05, 0.1) is 51.5 Å². The number of fused-ring (bicyclic) bond motifs is 1. The molecule has 2 unspecified atom stereocenters. The number of morpholine rings is 2. The van der Waals surface area contributed by atoms with Gasteiger partial charge in [-0.15, -0.1) is 0 Å². The predicted molar refractivity (Wildman–Crippen MR) is 165 cm³/mol. The van der Waals surface area contributed by atoms with Crippen LogP contribution in [0.1, 0.15) is 30.1 Å². The molecule has 6 rings (SSSR count). The second kappa shape index (κ2) is 13.4. The zero-order valence-corrected chi connectivity index (χ0v) is 25.0. The maximum absolute atomic E-state index is 6.52. The number of aromatic nitrogens is 2. The number of methoxy groups -OCH3 is 2. The molecule has 0 saturated carbocycles. The maximum Gasteiger partial charge on any atom is 0.229 e. The predicted octanol–water partition coefficient (Wildman–Crippen LogP) is 5.19. The van der Waals surface area contributed by atoms with Crippen molar-refractivity contribution in [3.8, 4) is 5.75 Å². The molecule has 2 aromatic carbocycles. The van der Waals surface area contributed by atoms with E-state index in [0.717, 1.165) is 88.9 Å². The molecule has 3 heterocycles. The van der Waals surface area contributed by atoms with Crippen LogP contribution in [0, 0.1) is 0 Å². The van der Waals surface area contributed by atoms with Crippen molar-refractivity contribution in [3.05, 3.63) is 58.7 Å². The smallest absolute Gasteiger partial charge is 0.229 e. The Morgan fingerprint density at radius 2 is 1.71 bits per heavy atom. The summed E-state index contributed by atoms with van der Waals surface area (Å²) >= 11 is 6.52. The SMILES string of the molecule is COc1cc(N2CCOCC2)ccc1Nc1nc(Nc2ccc3c(c2)C(OC)CCC(N2CCOCC2)C3)ncc1Cl. The summed E-state index contributed by atoms with van der Waals surface area (Å²) in [6, 6.07) is 13.0. The minimum atomic E-state index is 0.0454. The molecule has 2 atom stereocenters. The fourth-order valence-electron chi connectivity index (χ4n) is 6.09. The zero-order chi connectivity index (χ0) is 28.9. The molecule has 0 bridgehead atoms. The standard InChI is InChI=1S/C31H39ClN6O4/c1-39-28-8-6-23(37-9-13-41-14-10-37)17-21-3-4-22(18-25(21)28)34-31-33-20-26(32)30(36-31)35-27-7-5-24(19-29(27)40-2)38-11-15-42-16-12-38/h3-5,7,18-20,23,28H,6,8-17H2,1-2H3,(H2,33,34,35,36). The molecule has 10 nitrogen and oxygen atoms in total. The molecule has 42 heavy (non-hydrogen) atoms. The van der Waals surface area contributed by atoms with E-state index in [9.17, 15) is 0 Å². The van der Waals surface area contributed by atoms with Gasteiger partial charge in [-0.3, -0.25) is 4.90 Å². The summed E-state index contributed by atoms with van der Waals surface area (Å²) in [5.74, 6) is 1.64. The van der Waals surface area contributed by atoms with Gasteiger partial charge in [-0.05, 0) is 54.7 Å². The third-order valence-electron chi connectivity index (χ3n) is 8.37. The van der Waals surface area contributed by atoms with Crippen LogP contribution in [0.4, 0.5) is 28.8 Å². The van der Waals surface area contributed by atoms with E-state index in [4.69, 9.17) is 35.5 Å². The minimum absolute atomic E-state index is 0.0454. The van der Waals surface area contributed by atoms with Gasteiger partial charge in [0.25, 0.3) is 0 Å². The Morgan fingerprint density at radius 3 is 2.48 bits per heavy atom. The van der Waals surface area contributed by atoms with Crippen LogP contribution in [0.5, 0.6) is 5.75 Å². The second-order valence-electron chi connectivity index (χ2n) is 10.8. The lowest BCUT2D eigenvalue weighted by Crippen LogP contribution is -2.44. The molecule has 0 amide bonds. The molecule has 0 radical (unpaired) electrons. The van der Waals surface area contributed by atoms with Crippen LogP contribution in [0.15, 0.2) is 42.6 Å². The summed E-state index contributed by atoms with van der Waals surface area (Å²) in [6.07, 6.45) is 4.73. The quantitative estimate of drug-likeness (QED) is 0.340. The first-order chi connectivity index (χ1) is 20.6. The van der Waals surface area contributed by atoms with E-state index in [2.05, 4.69) is 49.7 Å². The highest BCUT2D eigenvalue weighted by atomic mass is 35.5. The Labute approximate surface area is 252 Å². The van der Waals surface area contributed by atoms with Gasteiger partial charge in [0.2, 0.25) is 5.95 Å². The highest BCUT2D eigenvalue weighted by molar-refractivity contribution is 6.33. The number of hydrogen-bond donors (Lipinski definition) is 2. The number of benzene rings is 2. The van der Waals surface area contributed by atoms with Crippen LogP contribution in [-0.2, 0) is 20.6 Å². The summed E-state index contributed by atoms with van der Waals surface area (Å²) in [5, 5.41) is 7.12. The van der Waals surface area contributed by atoms with Crippen molar-refractivity contribution in [1.29, 1.82) is 0 Å². The summed E-state index contributed by atoms with van der Waals surface area (Å²) in [5.41, 5.74) is 5.31. The molecular weight excluding hydrogens is 556 g/mol. The number of anilines is 5. The van der Waals surface area contributed by atoms with Gasteiger partial charge in [-0.25, -0.2) is 4.98 Å². The molecule has 0 spiro atoms. The summed E-state index contributed by atoms with van der Waals surface area (Å²) in [4.78, 5) is 14.0. The Morgan fingerprint density at radius 1 is 0.929 bits per heavy atom. The molecule has 1 aromatic heterocycles. The van der Waals surface area contributed by atoms with Gasteiger partial charge < -0.3 is 34.5 Å². The largest absolute Gasteiger partial charge is 0.494 e. The molecule has 3 aliphatic rings. The second-order valence-corrected chi connectivity index (χ2v) is 11.3. The average Bonchev–Trinajstić information content (AvgIpc) is 3.23. The number of halogens is 1. The molecular formula is C31H39ClN6O4. The molecule has 224 valence electrons. The fourth-order valence-corrected chi connectivity index (χ4v) is 6.22. The van der Waals surface area contributed by atoms with E-state index in [1.165, 1.54) is 11.1 Å². The van der Waals surface area contributed by atoms with Crippen LogP contribution in [0.2, 0.25) is 5.02 Å². The molecule has 2 aliphatic heterocycles. The van der Waals surface area contributed by atoms with Gasteiger partial charge >= 0.3 is 0 Å². The van der Waals surface area contributed by atoms with E-state index in [-0.39, 0.29) is 6.10 Å². The van der Waals surface area contributed by atoms with E-state index >= 15 is 0 Å². The van der Waals surface area contributed by atoms with Crippen molar-refractivity contribution in [1.82, 2.24) is 14.9 Å². The van der Waals surface area contributed by atoms with Gasteiger partial charge in [-0.1, -0.05) is 17.7 Å². The van der Waals surface area contributed by atoms with E-state index in [1.807, 2.05) is 12.1 Å². The van der Waals surface area contributed by atoms with Crippen LogP contribution in [0.25, 0.3) is 0 Å². The van der Waals surface area contributed by atoms with Crippen LogP contribution in [0.3, 0.4) is 0 Å². The van der Waals surface area contributed by atoms with Crippen molar-refractivity contribution in [3.63, 3.8) is 0 Å². The van der Waals surface area contributed by atoms with Gasteiger partial charge in [0.15, 0.2) is 5.82 Å². The molecule has 2 saturated heterocycles. The van der Waals surface area contributed by atoms with Crippen molar-refractivity contribution < 1.29 is 18.9 Å². The monoisotopic (exact) mass is 594 g/mol. The van der Waals surface area contributed by atoms with Crippen LogP contribution >= 0.6 is 11.6 Å². The minimum Gasteiger partial charge on any atom is -0.494 e. The Balaban J connectivity index is 1.19. The first kappa shape index (κ1) is 28.9. The van der Waals surface area contributed by atoms with E-state index < -0.39 is 0 Å². The third-order valence-corrected chi connectivity index (χ3v) is 8.65. The number of nitrogens with zero attached hydrogens (tertiary/aromatic N) is 4. The van der Waals surface area contributed by atoms with Crippen molar-refractivity contribution >= 4 is 40.4 Å². The molecule has 1 aliphatic carbocycles. The lowest BCUT2D eigenvalue weighted by molar-refractivity contribution is 0.0115. The van der Waals surface area contributed by atoms with Crippen molar-refractivity contribution in [2.24, 2.45) is 0 Å². The van der Waals surface area contributed by atoms with Crippen molar-refractivity contribution in [2.45, 2.75) is 31.4 Å². The lowest BCUT2D eigenvalue weighted by Gasteiger charge is -2.34. The summed E-state index contributed by atoms with van der Waals surface area (Å²) in [6.45, 7) is 6.75. The average molecular weight is 595 g/mol. The first-order valence-electron chi connectivity index (χ1n) is 14.7. The summed E-state index contributed by atoms with van der Waals surface area (Å²) in [7, 11) is 3.46. The molecule has 3 aromatic rings. The van der Waals surface area contributed by atoms with Crippen LogP contribution in [-0.4, -0.2) is 87.7 Å². The first-order valence-corrected chi connectivity index (χ1v) is 15.0. The zero-order valence-electron chi connectivity index (χ0n) is 24.3. The van der Waals surface area contributed by atoms with Gasteiger partial charge in [0, 0.05) is 56.8 Å². The molecule has 11 heteroatoms. The maximum atomic E-state index is 6.52. The highest BCUT2D eigenvalue weighted by Gasteiger charge is 2.28. The van der Waals surface area contributed by atoms with Gasteiger partial charge in [0.1, 0.15) is 10.8 Å². The fraction of sp³-hybridized carbons (Fsp3) is 0.484. The number of ether oxygens (including phenoxy) is 4. The van der Waals surface area contributed by atoms with Gasteiger partial charge in [-0.2, -0.15) is 4.98 Å². The highest BCUT2D eigenvalue weighted by Crippen LogP contribution is 2.36. The Hall–Kier alpha value is -3.15. The third kappa shape index (κ3) is 6.58. The normalized spacial score (nSPS) is 21.4. The van der Waals surface area contributed by atoms with E-state index in [1.54, 1.807) is 20.4 Å². The molecule has 2 N–H and O–H groups in total. The topological polar surface area (TPSA) is 93.2 Å². The molecule has 2 fully saturated rings. The van der Waals surface area contributed by atoms with E-state index in [0.29, 0.717) is 28.6 Å². The Kier molecular flexibility index (Phi) is 9.26. The van der Waals surface area contributed by atoms with Crippen molar-refractivity contribution in [2.75, 3.05) is 82.4 Å². The number of hydrogen-bond acceptors (Lipinski definition) is 10. The number of rotatable bonds is 8. The lowest BCUT2D eigenvalue weighted by atomic mass is 9.99. The number of nitrogens with one attached hydrogen (secondary N) is 2. The Bertz CT molecular complexity index is 1370. The van der Waals surface area contributed by atoms with Crippen LogP contribution < -0.4 is 20.3 Å². The summed E-state index contributed by atoms with van der Waals surface area (Å²) < 4.78 is 22.7.